The number of rotatable bonds is 7. The highest BCUT2D eigenvalue weighted by Gasteiger charge is 2.07. The Morgan fingerprint density at radius 2 is 2.12 bits per heavy atom. The van der Waals surface area contributed by atoms with Gasteiger partial charge in [-0.1, -0.05) is 0 Å². The average molecular weight is 238 g/mol. The first kappa shape index (κ1) is 13.8. The van der Waals surface area contributed by atoms with Crippen LogP contribution in [-0.2, 0) is 11.3 Å². The number of likely N-dealkylation sites (N-methyl/N-ethyl adjacent to an activating group) is 1. The van der Waals surface area contributed by atoms with E-state index in [4.69, 9.17) is 15.2 Å². The van der Waals surface area contributed by atoms with Gasteiger partial charge in [0.25, 0.3) is 0 Å². The fraction of sp³-hybridized carbons (Fsp3) is 0.538. The van der Waals surface area contributed by atoms with E-state index in [-0.39, 0.29) is 0 Å². The number of nitrogens with two attached hydrogens (primary N) is 1. The molecule has 0 aliphatic rings. The molecule has 96 valence electrons. The molecular formula is C13H22N2O2. The summed E-state index contributed by atoms with van der Waals surface area (Å²) in [6, 6.07) is 5.76. The van der Waals surface area contributed by atoms with Crippen LogP contribution in [0, 0.1) is 0 Å². The third-order valence-electron chi connectivity index (χ3n) is 2.50. The first-order chi connectivity index (χ1) is 8.17. The molecule has 0 atom stereocenters. The second-order valence-electron chi connectivity index (χ2n) is 4.03. The normalized spacial score (nSPS) is 10.8. The largest absolute Gasteiger partial charge is 0.494 e. The van der Waals surface area contributed by atoms with E-state index < -0.39 is 0 Å². The van der Waals surface area contributed by atoms with Crippen molar-refractivity contribution in [2.24, 2.45) is 0 Å². The van der Waals surface area contributed by atoms with Gasteiger partial charge in [-0.05, 0) is 32.2 Å². The topological polar surface area (TPSA) is 47.7 Å². The van der Waals surface area contributed by atoms with Crippen molar-refractivity contribution in [3.63, 3.8) is 0 Å². The van der Waals surface area contributed by atoms with Crippen LogP contribution in [-0.4, -0.2) is 38.8 Å². The Kier molecular flexibility index (Phi) is 5.80. The average Bonchev–Trinajstić information content (AvgIpc) is 2.30. The third-order valence-corrected chi connectivity index (χ3v) is 2.50. The summed E-state index contributed by atoms with van der Waals surface area (Å²) in [7, 11) is 3.76. The minimum absolute atomic E-state index is 0.665. The molecule has 0 spiro atoms. The van der Waals surface area contributed by atoms with E-state index in [1.54, 1.807) is 7.11 Å². The van der Waals surface area contributed by atoms with Gasteiger partial charge in [0, 0.05) is 31.5 Å². The van der Waals surface area contributed by atoms with Gasteiger partial charge < -0.3 is 15.2 Å². The lowest BCUT2D eigenvalue weighted by Gasteiger charge is -2.18. The fourth-order valence-corrected chi connectivity index (χ4v) is 1.64. The van der Waals surface area contributed by atoms with Gasteiger partial charge in [-0.25, -0.2) is 0 Å². The van der Waals surface area contributed by atoms with Crippen LogP contribution in [0.25, 0.3) is 0 Å². The lowest BCUT2D eigenvalue weighted by atomic mass is 10.1. The van der Waals surface area contributed by atoms with Gasteiger partial charge in [0.15, 0.2) is 0 Å². The van der Waals surface area contributed by atoms with Gasteiger partial charge in [0.1, 0.15) is 5.75 Å². The molecule has 0 fully saturated rings. The highest BCUT2D eigenvalue weighted by Crippen LogP contribution is 2.22. The molecule has 0 saturated carbocycles. The van der Waals surface area contributed by atoms with E-state index in [1.165, 1.54) is 0 Å². The number of benzene rings is 1. The molecule has 0 bridgehead atoms. The van der Waals surface area contributed by atoms with E-state index in [1.807, 2.05) is 25.1 Å². The van der Waals surface area contributed by atoms with Crippen molar-refractivity contribution in [3.8, 4) is 5.75 Å². The van der Waals surface area contributed by atoms with E-state index in [2.05, 4.69) is 11.9 Å². The van der Waals surface area contributed by atoms with E-state index >= 15 is 0 Å². The third kappa shape index (κ3) is 4.63. The molecule has 4 nitrogen and oxygen atoms in total. The molecule has 1 aromatic rings. The van der Waals surface area contributed by atoms with Crippen molar-refractivity contribution >= 4 is 5.69 Å². The molecule has 1 aromatic carbocycles. The van der Waals surface area contributed by atoms with Crippen LogP contribution in [0.4, 0.5) is 5.69 Å². The summed E-state index contributed by atoms with van der Waals surface area (Å²) in [5, 5.41) is 0. The van der Waals surface area contributed by atoms with Crippen molar-refractivity contribution < 1.29 is 9.47 Å². The fourth-order valence-electron chi connectivity index (χ4n) is 1.64. The standard InChI is InChI=1S/C13H22N2O2/c1-4-17-13-6-5-12(14)9-11(13)10-15(2)7-8-16-3/h5-6,9H,4,7-8,10,14H2,1-3H3. The van der Waals surface area contributed by atoms with Gasteiger partial charge in [-0.3, -0.25) is 4.90 Å². The van der Waals surface area contributed by atoms with Crippen LogP contribution < -0.4 is 10.5 Å². The van der Waals surface area contributed by atoms with Gasteiger partial charge >= 0.3 is 0 Å². The zero-order chi connectivity index (χ0) is 12.7. The molecule has 0 amide bonds. The van der Waals surface area contributed by atoms with E-state index in [0.717, 1.165) is 36.7 Å². The molecule has 0 aliphatic carbocycles. The molecule has 4 heteroatoms. The number of anilines is 1. The second kappa shape index (κ2) is 7.14. The van der Waals surface area contributed by atoms with Crippen molar-refractivity contribution in [1.82, 2.24) is 4.90 Å². The first-order valence-electron chi connectivity index (χ1n) is 5.86. The zero-order valence-electron chi connectivity index (χ0n) is 10.9. The summed E-state index contributed by atoms with van der Waals surface area (Å²) in [5.41, 5.74) is 7.68. The van der Waals surface area contributed by atoms with Gasteiger partial charge in [-0.2, -0.15) is 0 Å². The minimum atomic E-state index is 0.665. The summed E-state index contributed by atoms with van der Waals surface area (Å²) in [5.74, 6) is 0.908. The Balaban J connectivity index is 2.69. The molecule has 0 unspecified atom stereocenters. The molecular weight excluding hydrogens is 216 g/mol. The summed E-state index contributed by atoms with van der Waals surface area (Å²) in [4.78, 5) is 2.18. The van der Waals surface area contributed by atoms with Crippen molar-refractivity contribution in [3.05, 3.63) is 23.8 Å². The first-order valence-corrected chi connectivity index (χ1v) is 5.86. The van der Waals surface area contributed by atoms with Gasteiger partial charge in [0.05, 0.1) is 13.2 Å². The predicted octanol–water partition coefficient (Wildman–Crippen LogP) is 1.75. The maximum Gasteiger partial charge on any atom is 0.123 e. The Morgan fingerprint density at radius 3 is 2.76 bits per heavy atom. The minimum Gasteiger partial charge on any atom is -0.494 e. The summed E-state index contributed by atoms with van der Waals surface area (Å²) in [6.45, 7) is 5.07. The number of hydrogen-bond donors (Lipinski definition) is 1. The number of methoxy groups -OCH3 is 1. The van der Waals surface area contributed by atoms with Crippen LogP contribution in [0.15, 0.2) is 18.2 Å². The van der Waals surface area contributed by atoms with Crippen LogP contribution in [0.1, 0.15) is 12.5 Å². The second-order valence-corrected chi connectivity index (χ2v) is 4.03. The molecule has 1 rings (SSSR count). The molecule has 0 heterocycles. The van der Waals surface area contributed by atoms with Crippen molar-refractivity contribution in [2.75, 3.05) is 39.6 Å². The lowest BCUT2D eigenvalue weighted by molar-refractivity contribution is 0.158. The van der Waals surface area contributed by atoms with Crippen LogP contribution >= 0.6 is 0 Å². The number of hydrogen-bond acceptors (Lipinski definition) is 4. The smallest absolute Gasteiger partial charge is 0.123 e. The zero-order valence-corrected chi connectivity index (χ0v) is 10.9. The van der Waals surface area contributed by atoms with Crippen molar-refractivity contribution in [1.29, 1.82) is 0 Å². The summed E-state index contributed by atoms with van der Waals surface area (Å²) >= 11 is 0. The highest BCUT2D eigenvalue weighted by molar-refractivity contribution is 5.47. The van der Waals surface area contributed by atoms with Crippen LogP contribution in [0.3, 0.4) is 0 Å². The quantitative estimate of drug-likeness (QED) is 0.735. The Morgan fingerprint density at radius 1 is 1.35 bits per heavy atom. The van der Waals surface area contributed by atoms with Gasteiger partial charge in [-0.15, -0.1) is 0 Å². The SMILES string of the molecule is CCOc1ccc(N)cc1CN(C)CCOC. The maximum atomic E-state index is 5.80. The summed E-state index contributed by atoms with van der Waals surface area (Å²) in [6.07, 6.45) is 0. The highest BCUT2D eigenvalue weighted by atomic mass is 16.5. The monoisotopic (exact) mass is 238 g/mol. The Bertz CT molecular complexity index is 342. The Labute approximate surface area is 103 Å². The molecule has 0 aliphatic heterocycles. The van der Waals surface area contributed by atoms with E-state index in [0.29, 0.717) is 6.61 Å². The number of nitrogens with zero attached hydrogens (tertiary/aromatic N) is 1. The van der Waals surface area contributed by atoms with Crippen molar-refractivity contribution in [2.45, 2.75) is 13.5 Å². The molecule has 0 radical (unpaired) electrons. The maximum absolute atomic E-state index is 5.80. The number of nitrogen functional groups attached to an aromatic ring is 1. The summed E-state index contributed by atoms with van der Waals surface area (Å²) < 4.78 is 10.6. The molecule has 2 N–H and O–H groups in total. The molecule has 0 aromatic heterocycles. The Hall–Kier alpha value is -1.26. The lowest BCUT2D eigenvalue weighted by Crippen LogP contribution is -2.22. The predicted molar refractivity (Wildman–Crippen MR) is 70.2 cm³/mol. The van der Waals surface area contributed by atoms with Crippen LogP contribution in [0.2, 0.25) is 0 Å². The van der Waals surface area contributed by atoms with E-state index in [9.17, 15) is 0 Å². The van der Waals surface area contributed by atoms with Gasteiger partial charge in [0.2, 0.25) is 0 Å². The molecule has 0 saturated heterocycles. The molecule has 17 heavy (non-hydrogen) atoms. The van der Waals surface area contributed by atoms with Crippen LogP contribution in [0.5, 0.6) is 5.75 Å². The number of ether oxygens (including phenoxy) is 2.